The van der Waals surface area contributed by atoms with Crippen LogP contribution in [-0.2, 0) is 6.54 Å². The van der Waals surface area contributed by atoms with E-state index in [-0.39, 0.29) is 18.7 Å². The zero-order valence-electron chi connectivity index (χ0n) is 13.6. The third-order valence-electron chi connectivity index (χ3n) is 4.72. The second kappa shape index (κ2) is 7.79. The minimum absolute atomic E-state index is 0.00818. The van der Waals surface area contributed by atoms with E-state index >= 15 is 0 Å². The molecule has 7 nitrogen and oxygen atoms in total. The van der Waals surface area contributed by atoms with Crippen LogP contribution in [0.3, 0.4) is 0 Å². The maximum absolute atomic E-state index is 12.3. The summed E-state index contributed by atoms with van der Waals surface area (Å²) < 4.78 is 1.81. The summed E-state index contributed by atoms with van der Waals surface area (Å²) in [6, 6.07) is 2.15. The first-order valence-electron chi connectivity index (χ1n) is 8.61. The van der Waals surface area contributed by atoms with Crippen LogP contribution in [-0.4, -0.2) is 76.1 Å². The Kier molecular flexibility index (Phi) is 5.51. The molecule has 1 aromatic rings. The highest BCUT2D eigenvalue weighted by Gasteiger charge is 2.33. The molecule has 128 valence electrons. The van der Waals surface area contributed by atoms with Gasteiger partial charge < -0.3 is 15.3 Å². The molecular formula is C16H27N5O2. The molecule has 7 heteroatoms. The van der Waals surface area contributed by atoms with Crippen molar-refractivity contribution >= 4 is 6.03 Å². The van der Waals surface area contributed by atoms with Crippen molar-refractivity contribution in [1.29, 1.82) is 0 Å². The van der Waals surface area contributed by atoms with Crippen molar-refractivity contribution in [1.82, 2.24) is 24.9 Å². The molecule has 1 saturated heterocycles. The average molecular weight is 321 g/mol. The summed E-state index contributed by atoms with van der Waals surface area (Å²) in [5, 5.41) is 16.4. The number of urea groups is 1. The molecule has 1 aliphatic heterocycles. The number of hydrogen-bond donors (Lipinski definition) is 2. The fourth-order valence-corrected chi connectivity index (χ4v) is 3.19. The van der Waals surface area contributed by atoms with E-state index in [1.165, 1.54) is 12.8 Å². The molecule has 1 saturated carbocycles. The summed E-state index contributed by atoms with van der Waals surface area (Å²) in [6.07, 6.45) is 7.03. The predicted molar refractivity (Wildman–Crippen MR) is 87.0 cm³/mol. The van der Waals surface area contributed by atoms with Crippen LogP contribution in [0, 0.1) is 5.92 Å². The van der Waals surface area contributed by atoms with Crippen molar-refractivity contribution in [2.45, 2.75) is 31.8 Å². The number of hydrogen-bond acceptors (Lipinski definition) is 4. The van der Waals surface area contributed by atoms with Crippen LogP contribution in [0.25, 0.3) is 0 Å². The first kappa shape index (κ1) is 16.3. The minimum Gasteiger partial charge on any atom is -0.396 e. The zero-order valence-corrected chi connectivity index (χ0v) is 13.6. The molecular weight excluding hydrogens is 294 g/mol. The first-order chi connectivity index (χ1) is 11.3. The topological polar surface area (TPSA) is 73.6 Å². The van der Waals surface area contributed by atoms with Crippen LogP contribution in [0.5, 0.6) is 0 Å². The van der Waals surface area contributed by atoms with Gasteiger partial charge in [-0.15, -0.1) is 0 Å². The van der Waals surface area contributed by atoms with E-state index in [0.717, 1.165) is 32.0 Å². The van der Waals surface area contributed by atoms with Gasteiger partial charge in [-0.2, -0.15) is 5.10 Å². The van der Waals surface area contributed by atoms with E-state index in [1.54, 1.807) is 6.20 Å². The van der Waals surface area contributed by atoms with Crippen LogP contribution < -0.4 is 5.32 Å². The number of aromatic nitrogens is 2. The molecule has 0 aromatic carbocycles. The Bertz CT molecular complexity index is 489. The molecule has 0 bridgehead atoms. The Morgan fingerprint density at radius 2 is 2.22 bits per heavy atom. The smallest absolute Gasteiger partial charge is 0.317 e. The van der Waals surface area contributed by atoms with Crippen molar-refractivity contribution < 1.29 is 9.90 Å². The summed E-state index contributed by atoms with van der Waals surface area (Å²) in [7, 11) is 0. The third kappa shape index (κ3) is 4.68. The molecule has 2 aliphatic rings. The largest absolute Gasteiger partial charge is 0.396 e. The predicted octanol–water partition coefficient (Wildman–Crippen LogP) is 0.371. The Balaban J connectivity index is 1.44. The lowest BCUT2D eigenvalue weighted by Gasteiger charge is -2.41. The molecule has 2 fully saturated rings. The van der Waals surface area contributed by atoms with E-state index in [1.807, 2.05) is 21.8 Å². The third-order valence-corrected chi connectivity index (χ3v) is 4.72. The summed E-state index contributed by atoms with van der Waals surface area (Å²) in [5.74, 6) is 0.839. The number of carbonyl (C=O) groups excluding carboxylic acids is 1. The van der Waals surface area contributed by atoms with Crippen LogP contribution in [0.4, 0.5) is 4.79 Å². The number of amides is 2. The molecule has 3 rings (SSSR count). The van der Waals surface area contributed by atoms with Crippen LogP contribution in [0.2, 0.25) is 0 Å². The maximum atomic E-state index is 12.3. The van der Waals surface area contributed by atoms with Gasteiger partial charge in [-0.25, -0.2) is 4.79 Å². The molecule has 2 amide bonds. The van der Waals surface area contributed by atoms with Crippen LogP contribution >= 0.6 is 0 Å². The van der Waals surface area contributed by atoms with Crippen LogP contribution in [0.15, 0.2) is 18.5 Å². The molecule has 2 heterocycles. The van der Waals surface area contributed by atoms with E-state index < -0.39 is 0 Å². The van der Waals surface area contributed by atoms with Crippen molar-refractivity contribution in [3.05, 3.63) is 18.5 Å². The average Bonchev–Trinajstić information content (AvgIpc) is 3.21. The molecule has 23 heavy (non-hydrogen) atoms. The highest BCUT2D eigenvalue weighted by molar-refractivity contribution is 5.74. The summed E-state index contributed by atoms with van der Waals surface area (Å²) in [5.41, 5.74) is 0. The number of piperazine rings is 1. The van der Waals surface area contributed by atoms with Gasteiger partial charge in [0.2, 0.25) is 0 Å². The lowest BCUT2D eigenvalue weighted by atomic mass is 10.1. The van der Waals surface area contributed by atoms with Gasteiger partial charge in [0.25, 0.3) is 0 Å². The highest BCUT2D eigenvalue weighted by Crippen LogP contribution is 2.31. The molecule has 0 unspecified atom stereocenters. The van der Waals surface area contributed by atoms with Gasteiger partial charge in [0.15, 0.2) is 0 Å². The molecule has 1 aliphatic carbocycles. The fraction of sp³-hybridized carbons (Fsp3) is 0.750. The molecule has 2 N–H and O–H groups in total. The second-order valence-electron chi connectivity index (χ2n) is 6.55. The quantitative estimate of drug-likeness (QED) is 0.761. The zero-order chi connectivity index (χ0) is 16.1. The van der Waals surface area contributed by atoms with E-state index in [9.17, 15) is 9.90 Å². The van der Waals surface area contributed by atoms with Crippen molar-refractivity contribution in [3.63, 3.8) is 0 Å². The summed E-state index contributed by atoms with van der Waals surface area (Å²) >= 11 is 0. The molecule has 1 aromatic heterocycles. The van der Waals surface area contributed by atoms with Crippen LogP contribution in [0.1, 0.15) is 19.3 Å². The molecule has 1 atom stereocenters. The van der Waals surface area contributed by atoms with Gasteiger partial charge in [0, 0.05) is 57.8 Å². The normalized spacial score (nSPS) is 22.3. The SMILES string of the molecule is O=C(NCCn1cccn1)N1CCN(CC2CC2)[C@@H](CCO)C1. The Morgan fingerprint density at radius 3 is 2.91 bits per heavy atom. The Labute approximate surface area is 137 Å². The Hall–Kier alpha value is -1.60. The number of aliphatic hydroxyl groups excluding tert-OH is 1. The number of aliphatic hydroxyl groups is 1. The van der Waals surface area contributed by atoms with E-state index in [0.29, 0.717) is 19.6 Å². The van der Waals surface area contributed by atoms with E-state index in [2.05, 4.69) is 15.3 Å². The molecule has 0 spiro atoms. The van der Waals surface area contributed by atoms with Gasteiger partial charge in [0.1, 0.15) is 0 Å². The standard InChI is InChI=1S/C16H27N5O2/c22-11-4-15-13-20(10-9-19(15)12-14-2-3-14)16(23)17-6-8-21-7-1-5-18-21/h1,5,7,14-15,22H,2-4,6,8-13H2,(H,17,23)/t15-/m0/s1. The van der Waals surface area contributed by atoms with Crippen molar-refractivity contribution in [2.75, 3.05) is 39.3 Å². The lowest BCUT2D eigenvalue weighted by Crippen LogP contribution is -2.57. The van der Waals surface area contributed by atoms with Gasteiger partial charge in [-0.3, -0.25) is 9.58 Å². The van der Waals surface area contributed by atoms with Gasteiger partial charge in [-0.05, 0) is 31.2 Å². The number of rotatable bonds is 7. The van der Waals surface area contributed by atoms with E-state index in [4.69, 9.17) is 0 Å². The summed E-state index contributed by atoms with van der Waals surface area (Å²) in [4.78, 5) is 16.7. The number of carbonyl (C=O) groups is 1. The minimum atomic E-state index is -0.00818. The fourth-order valence-electron chi connectivity index (χ4n) is 3.19. The maximum Gasteiger partial charge on any atom is 0.317 e. The number of nitrogens with one attached hydrogen (secondary N) is 1. The molecule has 0 radical (unpaired) electrons. The monoisotopic (exact) mass is 321 g/mol. The Morgan fingerprint density at radius 1 is 1.35 bits per heavy atom. The first-order valence-corrected chi connectivity index (χ1v) is 8.61. The van der Waals surface area contributed by atoms with Gasteiger partial charge in [-0.1, -0.05) is 0 Å². The highest BCUT2D eigenvalue weighted by atomic mass is 16.3. The number of nitrogens with zero attached hydrogens (tertiary/aromatic N) is 4. The lowest BCUT2D eigenvalue weighted by molar-refractivity contribution is 0.0703. The van der Waals surface area contributed by atoms with Crippen molar-refractivity contribution in [3.8, 4) is 0 Å². The van der Waals surface area contributed by atoms with Gasteiger partial charge in [0.05, 0.1) is 6.54 Å². The van der Waals surface area contributed by atoms with Crippen molar-refractivity contribution in [2.24, 2.45) is 5.92 Å². The second-order valence-corrected chi connectivity index (χ2v) is 6.55. The van der Waals surface area contributed by atoms with Gasteiger partial charge >= 0.3 is 6.03 Å². The summed E-state index contributed by atoms with van der Waals surface area (Å²) in [6.45, 7) is 4.95.